The molecule has 1 aliphatic rings. The van der Waals surface area contributed by atoms with Crippen molar-refractivity contribution in [3.63, 3.8) is 0 Å². The number of benzene rings is 2. The number of rotatable bonds is 8. The number of aliphatic hydroxyl groups is 2. The molecule has 9 nitrogen and oxygen atoms in total. The topological polar surface area (TPSA) is 129 Å². The minimum absolute atomic E-state index is 0.162. The first-order valence-electron chi connectivity index (χ1n) is 12.4. The first kappa shape index (κ1) is 25.5. The van der Waals surface area contributed by atoms with Crippen LogP contribution in [-0.2, 0) is 0 Å². The third-order valence-corrected chi connectivity index (χ3v) is 7.27. The van der Waals surface area contributed by atoms with Gasteiger partial charge in [-0.25, -0.2) is 4.98 Å². The van der Waals surface area contributed by atoms with E-state index in [9.17, 15) is 15.0 Å². The zero-order chi connectivity index (χ0) is 25.9. The summed E-state index contributed by atoms with van der Waals surface area (Å²) in [6, 6.07) is 13.7. The summed E-state index contributed by atoms with van der Waals surface area (Å²) in [6.45, 7) is 4.96. The van der Waals surface area contributed by atoms with Crippen molar-refractivity contribution in [2.45, 2.75) is 25.5 Å². The van der Waals surface area contributed by atoms with Crippen molar-refractivity contribution in [1.29, 1.82) is 0 Å². The molecule has 10 heteroatoms. The second-order valence-electron chi connectivity index (χ2n) is 9.40. The monoisotopic (exact) mass is 566 g/mol. The number of anilines is 2. The highest BCUT2D eigenvalue weighted by atomic mass is 79.9. The summed E-state index contributed by atoms with van der Waals surface area (Å²) in [5, 5.41) is 26.7. The SMILES string of the molecule is Cc1cc(N2CCNC(CCO)C2)cc2[nH]c(-c3c(NC[C@@H](O)c4cccc(Br)c4)cc[nH]c3=O)nc12. The van der Waals surface area contributed by atoms with Gasteiger partial charge in [0.2, 0.25) is 0 Å². The van der Waals surface area contributed by atoms with Gasteiger partial charge in [-0.15, -0.1) is 0 Å². The maximum atomic E-state index is 12.9. The largest absolute Gasteiger partial charge is 0.396 e. The summed E-state index contributed by atoms with van der Waals surface area (Å²) in [7, 11) is 0. The van der Waals surface area contributed by atoms with E-state index >= 15 is 0 Å². The maximum Gasteiger partial charge on any atom is 0.261 e. The summed E-state index contributed by atoms with van der Waals surface area (Å²) < 4.78 is 0.891. The molecule has 1 aliphatic heterocycles. The van der Waals surface area contributed by atoms with E-state index in [-0.39, 0.29) is 24.8 Å². The molecule has 6 N–H and O–H groups in total. The molecule has 1 fully saturated rings. The molecule has 0 bridgehead atoms. The number of aliphatic hydroxyl groups excluding tert-OH is 2. The van der Waals surface area contributed by atoms with Gasteiger partial charge in [0.25, 0.3) is 5.56 Å². The highest BCUT2D eigenvalue weighted by Gasteiger charge is 2.21. The molecule has 37 heavy (non-hydrogen) atoms. The normalized spacial score (nSPS) is 16.8. The molecule has 0 aliphatic carbocycles. The van der Waals surface area contributed by atoms with Gasteiger partial charge in [0.05, 0.1) is 22.8 Å². The van der Waals surface area contributed by atoms with Crippen molar-refractivity contribution < 1.29 is 10.2 Å². The highest BCUT2D eigenvalue weighted by Crippen LogP contribution is 2.30. The molecule has 1 saturated heterocycles. The minimum Gasteiger partial charge on any atom is -0.396 e. The molecule has 194 valence electrons. The fourth-order valence-corrected chi connectivity index (χ4v) is 5.30. The van der Waals surface area contributed by atoms with Crippen LogP contribution >= 0.6 is 15.9 Å². The van der Waals surface area contributed by atoms with Gasteiger partial charge < -0.3 is 35.7 Å². The predicted molar refractivity (Wildman–Crippen MR) is 150 cm³/mol. The van der Waals surface area contributed by atoms with E-state index in [1.54, 1.807) is 12.3 Å². The van der Waals surface area contributed by atoms with Crippen LogP contribution in [0.2, 0.25) is 0 Å². The molecule has 5 rings (SSSR count). The molecule has 0 radical (unpaired) electrons. The van der Waals surface area contributed by atoms with Gasteiger partial charge >= 0.3 is 0 Å². The van der Waals surface area contributed by atoms with E-state index in [1.165, 1.54) is 0 Å². The lowest BCUT2D eigenvalue weighted by molar-refractivity contribution is 0.191. The lowest BCUT2D eigenvalue weighted by Crippen LogP contribution is -2.51. The molecule has 1 unspecified atom stereocenters. The fraction of sp³-hybridized carbons (Fsp3) is 0.333. The molecule has 0 saturated carbocycles. The summed E-state index contributed by atoms with van der Waals surface area (Å²) in [4.78, 5) is 26.1. The van der Waals surface area contributed by atoms with Crippen LogP contribution < -0.4 is 21.1 Å². The predicted octanol–water partition coefficient (Wildman–Crippen LogP) is 3.30. The number of aromatic amines is 2. The van der Waals surface area contributed by atoms with Gasteiger partial charge in [-0.3, -0.25) is 4.79 Å². The Kier molecular flexibility index (Phi) is 7.61. The van der Waals surface area contributed by atoms with Crippen LogP contribution in [0.1, 0.15) is 23.7 Å². The molecular formula is C27H31BrN6O3. The van der Waals surface area contributed by atoms with Crippen molar-refractivity contribution in [3.05, 3.63) is 74.6 Å². The zero-order valence-electron chi connectivity index (χ0n) is 20.6. The van der Waals surface area contributed by atoms with Gasteiger partial charge in [-0.2, -0.15) is 0 Å². The van der Waals surface area contributed by atoms with Crippen LogP contribution in [0.3, 0.4) is 0 Å². The summed E-state index contributed by atoms with van der Waals surface area (Å²) in [5.74, 6) is 0.468. The van der Waals surface area contributed by atoms with Crippen LogP contribution in [0.4, 0.5) is 11.4 Å². The zero-order valence-corrected chi connectivity index (χ0v) is 22.2. The van der Waals surface area contributed by atoms with Crippen LogP contribution in [0.25, 0.3) is 22.4 Å². The maximum absolute atomic E-state index is 12.9. The Bertz CT molecular complexity index is 1450. The standard InChI is InChI=1S/C27H31BrN6O3/c1-16-11-20(34-9-8-29-19(15-34)6-10-35)13-22-25(16)33-26(32-22)24-21(5-7-30-27(24)37)31-14-23(36)17-3-2-4-18(28)12-17/h2-5,7,11-13,19,23,29,35-36H,6,8-10,14-15H2,1H3,(H,32,33)(H2,30,31,37)/t19?,23-/m1/s1. The van der Waals surface area contributed by atoms with E-state index in [0.29, 0.717) is 17.1 Å². The summed E-state index contributed by atoms with van der Waals surface area (Å²) in [5.41, 5.74) is 5.24. The Morgan fingerprint density at radius 1 is 1.27 bits per heavy atom. The Morgan fingerprint density at radius 2 is 2.14 bits per heavy atom. The Hall–Kier alpha value is -3.18. The summed E-state index contributed by atoms with van der Waals surface area (Å²) >= 11 is 3.44. The number of hydrogen-bond donors (Lipinski definition) is 6. The molecule has 2 atom stereocenters. The fourth-order valence-electron chi connectivity index (χ4n) is 4.88. The van der Waals surface area contributed by atoms with E-state index in [1.807, 2.05) is 31.2 Å². The second kappa shape index (κ2) is 11.1. The molecule has 0 amide bonds. The molecule has 4 aromatic rings. The molecular weight excluding hydrogens is 536 g/mol. The lowest BCUT2D eigenvalue weighted by Gasteiger charge is -2.35. The first-order chi connectivity index (χ1) is 17.9. The van der Waals surface area contributed by atoms with E-state index in [2.05, 4.69) is 53.6 Å². The van der Waals surface area contributed by atoms with Gasteiger partial charge in [0.15, 0.2) is 0 Å². The number of H-pyrrole nitrogens is 2. The van der Waals surface area contributed by atoms with Crippen LogP contribution in [0.15, 0.2) is 57.9 Å². The first-order valence-corrected chi connectivity index (χ1v) is 13.2. The minimum atomic E-state index is -0.751. The molecule has 0 spiro atoms. The quantitative estimate of drug-likeness (QED) is 0.193. The molecule has 2 aromatic heterocycles. The van der Waals surface area contributed by atoms with E-state index in [0.717, 1.165) is 58.4 Å². The van der Waals surface area contributed by atoms with Crippen molar-refractivity contribution in [2.75, 3.05) is 43.0 Å². The second-order valence-corrected chi connectivity index (χ2v) is 10.3. The number of imidazole rings is 1. The van der Waals surface area contributed by atoms with Crippen LogP contribution in [-0.4, -0.2) is 64.0 Å². The summed E-state index contributed by atoms with van der Waals surface area (Å²) in [6.07, 6.45) is 1.55. The number of pyridine rings is 1. The third-order valence-electron chi connectivity index (χ3n) is 6.78. The van der Waals surface area contributed by atoms with Gasteiger partial charge in [-0.05, 0) is 54.8 Å². The third kappa shape index (κ3) is 5.57. The Labute approximate surface area is 223 Å². The molecule has 3 heterocycles. The number of aromatic nitrogens is 3. The van der Waals surface area contributed by atoms with Crippen LogP contribution in [0.5, 0.6) is 0 Å². The number of aryl methyl sites for hydroxylation is 1. The van der Waals surface area contributed by atoms with E-state index < -0.39 is 6.10 Å². The number of nitrogens with zero attached hydrogens (tertiary/aromatic N) is 2. The number of piperazine rings is 1. The van der Waals surface area contributed by atoms with Crippen LogP contribution in [0, 0.1) is 6.92 Å². The number of nitrogens with one attached hydrogen (secondary N) is 4. The lowest BCUT2D eigenvalue weighted by atomic mass is 10.1. The average Bonchev–Trinajstić information content (AvgIpc) is 3.32. The number of halogens is 1. The van der Waals surface area contributed by atoms with Crippen molar-refractivity contribution in [2.24, 2.45) is 0 Å². The number of fused-ring (bicyclic) bond motifs is 1. The smallest absolute Gasteiger partial charge is 0.261 e. The van der Waals surface area contributed by atoms with Gasteiger partial charge in [0.1, 0.15) is 11.4 Å². The van der Waals surface area contributed by atoms with Crippen molar-refractivity contribution in [3.8, 4) is 11.4 Å². The Morgan fingerprint density at radius 3 is 2.95 bits per heavy atom. The van der Waals surface area contributed by atoms with Gasteiger partial charge in [-0.1, -0.05) is 28.1 Å². The number of hydrogen-bond acceptors (Lipinski definition) is 7. The average molecular weight is 567 g/mol. The Balaban J connectivity index is 1.43. The van der Waals surface area contributed by atoms with Crippen molar-refractivity contribution in [1.82, 2.24) is 20.3 Å². The highest BCUT2D eigenvalue weighted by molar-refractivity contribution is 9.10. The van der Waals surface area contributed by atoms with Gasteiger partial charge in [0, 0.05) is 55.2 Å². The van der Waals surface area contributed by atoms with E-state index in [4.69, 9.17) is 4.98 Å². The molecule has 2 aromatic carbocycles. The van der Waals surface area contributed by atoms with Crippen molar-refractivity contribution >= 4 is 38.3 Å².